The summed E-state index contributed by atoms with van der Waals surface area (Å²) in [5, 5.41) is 25.8. The van der Waals surface area contributed by atoms with Gasteiger partial charge in [-0.05, 0) is 0 Å². The molecule has 0 spiro atoms. The highest BCUT2D eigenvalue weighted by Crippen LogP contribution is 2.30. The number of aliphatic hydroxyl groups is 3. The molecule has 0 aromatic rings. The Morgan fingerprint density at radius 3 is 2.27 bits per heavy atom. The fraction of sp³-hybridized carbons (Fsp3) is 1.00. The predicted octanol–water partition coefficient (Wildman–Crippen LogP) is -1.31. The number of ether oxygens (including phenoxy) is 1. The molecule has 3 N–H and O–H groups in total. The first-order valence-electron chi connectivity index (χ1n) is 3.00. The second-order valence-corrected chi connectivity index (χ2v) is 2.37. The van der Waals surface area contributed by atoms with Crippen molar-refractivity contribution in [3.05, 3.63) is 0 Å². The van der Waals surface area contributed by atoms with Crippen molar-refractivity contribution in [3.8, 4) is 0 Å². The fourth-order valence-electron chi connectivity index (χ4n) is 0.795. The Morgan fingerprint density at radius 1 is 1.27 bits per heavy atom. The smallest absolute Gasteiger partial charge is 0.325 e. The highest BCUT2D eigenvalue weighted by Gasteiger charge is 2.53. The molecular weight excluding hydrogens is 162 g/mol. The van der Waals surface area contributed by atoms with Gasteiger partial charge in [0.1, 0.15) is 6.10 Å². The van der Waals surface area contributed by atoms with Crippen molar-refractivity contribution in [1.29, 1.82) is 0 Å². The van der Waals surface area contributed by atoms with Gasteiger partial charge in [0.05, 0.1) is 6.61 Å². The number of alkyl halides is 2. The summed E-state index contributed by atoms with van der Waals surface area (Å²) in [5.41, 5.74) is 0. The molecule has 1 heterocycles. The molecule has 0 amide bonds. The zero-order valence-electron chi connectivity index (χ0n) is 5.44. The van der Waals surface area contributed by atoms with E-state index in [0.29, 0.717) is 0 Å². The van der Waals surface area contributed by atoms with E-state index in [4.69, 9.17) is 15.3 Å². The highest BCUT2D eigenvalue weighted by atomic mass is 19.3. The SMILES string of the molecule is O[C@@H]1CO[C@H](O)C(F)(F)[C@@H]1O. The molecule has 1 rings (SSSR count). The lowest BCUT2D eigenvalue weighted by Gasteiger charge is -2.34. The van der Waals surface area contributed by atoms with Crippen LogP contribution in [0.4, 0.5) is 8.78 Å². The maximum atomic E-state index is 12.5. The first-order chi connectivity index (χ1) is 4.96. The molecule has 0 radical (unpaired) electrons. The number of hydrogen-bond acceptors (Lipinski definition) is 4. The van der Waals surface area contributed by atoms with Crippen molar-refractivity contribution in [2.45, 2.75) is 24.4 Å². The Kier molecular flexibility index (Phi) is 2.10. The van der Waals surface area contributed by atoms with Crippen molar-refractivity contribution < 1.29 is 28.8 Å². The predicted molar refractivity (Wildman–Crippen MR) is 28.9 cm³/mol. The minimum Gasteiger partial charge on any atom is -0.388 e. The van der Waals surface area contributed by atoms with Crippen LogP contribution < -0.4 is 0 Å². The minimum absolute atomic E-state index is 0.488. The Morgan fingerprint density at radius 2 is 1.82 bits per heavy atom. The van der Waals surface area contributed by atoms with Gasteiger partial charge in [0.2, 0.25) is 6.29 Å². The molecule has 0 unspecified atom stereocenters. The number of halogens is 2. The van der Waals surface area contributed by atoms with Gasteiger partial charge in [-0.3, -0.25) is 0 Å². The molecule has 4 nitrogen and oxygen atoms in total. The van der Waals surface area contributed by atoms with E-state index in [2.05, 4.69) is 4.74 Å². The van der Waals surface area contributed by atoms with E-state index in [1.54, 1.807) is 0 Å². The molecular formula is C5H8F2O4. The highest BCUT2D eigenvalue weighted by molar-refractivity contribution is 4.88. The summed E-state index contributed by atoms with van der Waals surface area (Å²) in [6, 6.07) is 0. The Labute approximate surface area is 61.0 Å². The van der Waals surface area contributed by atoms with Crippen LogP contribution >= 0.6 is 0 Å². The fourth-order valence-corrected chi connectivity index (χ4v) is 0.795. The molecule has 0 aliphatic carbocycles. The van der Waals surface area contributed by atoms with Gasteiger partial charge in [0.15, 0.2) is 6.10 Å². The van der Waals surface area contributed by atoms with Gasteiger partial charge < -0.3 is 20.1 Å². The third kappa shape index (κ3) is 1.34. The van der Waals surface area contributed by atoms with E-state index in [1.807, 2.05) is 0 Å². The molecule has 6 heteroatoms. The molecule has 0 bridgehead atoms. The number of hydrogen-bond donors (Lipinski definition) is 3. The molecule has 11 heavy (non-hydrogen) atoms. The van der Waals surface area contributed by atoms with E-state index in [0.717, 1.165) is 0 Å². The van der Waals surface area contributed by atoms with Crippen molar-refractivity contribution >= 4 is 0 Å². The van der Waals surface area contributed by atoms with E-state index >= 15 is 0 Å². The maximum Gasteiger partial charge on any atom is 0.325 e. The van der Waals surface area contributed by atoms with Crippen LogP contribution in [0.3, 0.4) is 0 Å². The first-order valence-corrected chi connectivity index (χ1v) is 3.00. The van der Waals surface area contributed by atoms with E-state index in [-0.39, 0.29) is 0 Å². The molecule has 1 aliphatic heterocycles. The molecule has 0 aromatic carbocycles. The summed E-state index contributed by atoms with van der Waals surface area (Å²) in [6.07, 6.45) is -6.24. The van der Waals surface area contributed by atoms with Gasteiger partial charge in [-0.15, -0.1) is 0 Å². The number of rotatable bonds is 0. The van der Waals surface area contributed by atoms with Gasteiger partial charge >= 0.3 is 5.92 Å². The third-order valence-corrected chi connectivity index (χ3v) is 1.51. The maximum absolute atomic E-state index is 12.5. The van der Waals surface area contributed by atoms with Crippen molar-refractivity contribution in [3.63, 3.8) is 0 Å². The Bertz CT molecular complexity index is 151. The summed E-state index contributed by atoms with van der Waals surface area (Å²) >= 11 is 0. The van der Waals surface area contributed by atoms with E-state index < -0.39 is 31.0 Å². The standard InChI is InChI=1S/C5H8F2O4/c6-5(7)3(9)2(8)1-11-4(5)10/h2-4,8-10H,1H2/t2-,3-,4+/m1/s1. The average molecular weight is 170 g/mol. The molecule has 1 aliphatic rings. The monoisotopic (exact) mass is 170 g/mol. The summed E-state index contributed by atoms with van der Waals surface area (Å²) < 4.78 is 29.0. The molecule has 66 valence electrons. The second-order valence-electron chi connectivity index (χ2n) is 2.37. The molecule has 3 atom stereocenters. The zero-order valence-corrected chi connectivity index (χ0v) is 5.44. The van der Waals surface area contributed by atoms with Crippen LogP contribution in [-0.4, -0.2) is 46.3 Å². The number of aliphatic hydroxyl groups excluding tert-OH is 3. The van der Waals surface area contributed by atoms with Crippen LogP contribution in [0.1, 0.15) is 0 Å². The minimum atomic E-state index is -3.79. The van der Waals surface area contributed by atoms with Crippen molar-refractivity contribution in [2.24, 2.45) is 0 Å². The molecule has 0 saturated carbocycles. The summed E-state index contributed by atoms with van der Waals surface area (Å²) in [6.45, 7) is -0.488. The molecule has 1 saturated heterocycles. The second kappa shape index (κ2) is 2.63. The van der Waals surface area contributed by atoms with Crippen LogP contribution in [0.15, 0.2) is 0 Å². The lowest BCUT2D eigenvalue weighted by atomic mass is 10.0. The zero-order chi connectivity index (χ0) is 8.65. The lowest BCUT2D eigenvalue weighted by molar-refractivity contribution is -0.321. The summed E-state index contributed by atoms with van der Waals surface area (Å²) in [7, 11) is 0. The topological polar surface area (TPSA) is 69.9 Å². The molecule has 0 aromatic heterocycles. The van der Waals surface area contributed by atoms with Gasteiger partial charge in [-0.25, -0.2) is 0 Å². The van der Waals surface area contributed by atoms with Crippen LogP contribution in [0.25, 0.3) is 0 Å². The third-order valence-electron chi connectivity index (χ3n) is 1.51. The summed E-state index contributed by atoms with van der Waals surface area (Å²) in [4.78, 5) is 0. The normalized spacial score (nSPS) is 43.9. The van der Waals surface area contributed by atoms with E-state index in [9.17, 15) is 8.78 Å². The summed E-state index contributed by atoms with van der Waals surface area (Å²) in [5.74, 6) is -3.79. The quantitative estimate of drug-likeness (QED) is 0.422. The van der Waals surface area contributed by atoms with Crippen LogP contribution in [-0.2, 0) is 4.74 Å². The van der Waals surface area contributed by atoms with Crippen molar-refractivity contribution in [2.75, 3.05) is 6.61 Å². The van der Waals surface area contributed by atoms with Crippen LogP contribution in [0.5, 0.6) is 0 Å². The Balaban J connectivity index is 2.72. The van der Waals surface area contributed by atoms with Gasteiger partial charge in [0.25, 0.3) is 0 Å². The van der Waals surface area contributed by atoms with Gasteiger partial charge in [0, 0.05) is 0 Å². The average Bonchev–Trinajstić information content (AvgIpc) is 1.95. The Hall–Kier alpha value is -0.300. The van der Waals surface area contributed by atoms with Crippen LogP contribution in [0.2, 0.25) is 0 Å². The van der Waals surface area contributed by atoms with Gasteiger partial charge in [-0.1, -0.05) is 0 Å². The first kappa shape index (κ1) is 8.79. The van der Waals surface area contributed by atoms with Crippen molar-refractivity contribution in [1.82, 2.24) is 0 Å². The lowest BCUT2D eigenvalue weighted by Crippen LogP contribution is -2.57. The van der Waals surface area contributed by atoms with Crippen LogP contribution in [0, 0.1) is 0 Å². The largest absolute Gasteiger partial charge is 0.388 e. The van der Waals surface area contributed by atoms with Gasteiger partial charge in [-0.2, -0.15) is 8.78 Å². The van der Waals surface area contributed by atoms with E-state index in [1.165, 1.54) is 0 Å². The molecule has 1 fully saturated rings.